The zero-order chi connectivity index (χ0) is 19.2. The summed E-state index contributed by atoms with van der Waals surface area (Å²) in [7, 11) is 1.60. The first-order valence-electron chi connectivity index (χ1n) is 8.23. The van der Waals surface area contributed by atoms with Crippen molar-refractivity contribution in [3.63, 3.8) is 0 Å². The van der Waals surface area contributed by atoms with E-state index in [2.05, 4.69) is 36.8 Å². The van der Waals surface area contributed by atoms with Crippen LogP contribution in [0.3, 0.4) is 0 Å². The van der Waals surface area contributed by atoms with E-state index in [1.54, 1.807) is 17.9 Å². The molecule has 3 rings (SSSR count). The third kappa shape index (κ3) is 4.79. The number of carbonyl (C=O) groups excluding carboxylic acids is 1. The maximum atomic E-state index is 12.3. The van der Waals surface area contributed by atoms with Crippen LogP contribution in [-0.4, -0.2) is 33.2 Å². The highest BCUT2D eigenvalue weighted by molar-refractivity contribution is 9.10. The van der Waals surface area contributed by atoms with Crippen LogP contribution in [0.4, 0.5) is 0 Å². The number of rotatable bonds is 6. The molecule has 138 valence electrons. The van der Waals surface area contributed by atoms with E-state index in [4.69, 9.17) is 4.74 Å². The first-order valence-corrected chi connectivity index (χ1v) is 9.03. The van der Waals surface area contributed by atoms with E-state index in [0.717, 1.165) is 21.5 Å². The van der Waals surface area contributed by atoms with Gasteiger partial charge in [-0.15, -0.1) is 5.10 Å². The van der Waals surface area contributed by atoms with Gasteiger partial charge in [0.15, 0.2) is 5.82 Å². The maximum absolute atomic E-state index is 12.3. The molecular weight excluding hydrogens is 410 g/mol. The molecule has 3 aromatic rings. The van der Waals surface area contributed by atoms with Gasteiger partial charge in [0.05, 0.1) is 18.8 Å². The monoisotopic (exact) mass is 427 g/mol. The van der Waals surface area contributed by atoms with E-state index >= 15 is 0 Å². The summed E-state index contributed by atoms with van der Waals surface area (Å²) >= 11 is 3.40. The van der Waals surface area contributed by atoms with Gasteiger partial charge in [-0.25, -0.2) is 0 Å². The lowest BCUT2D eigenvalue weighted by Crippen LogP contribution is -2.27. The fraction of sp³-hybridized carbons (Fsp3) is 0.158. The van der Waals surface area contributed by atoms with Gasteiger partial charge in [-0.05, 0) is 65.4 Å². The molecule has 0 bridgehead atoms. The van der Waals surface area contributed by atoms with Crippen LogP contribution in [0.1, 0.15) is 24.4 Å². The lowest BCUT2D eigenvalue weighted by molar-refractivity contribution is -0.117. The van der Waals surface area contributed by atoms with Gasteiger partial charge in [0.2, 0.25) is 5.91 Å². The first kappa shape index (κ1) is 18.8. The molecule has 7 nitrogen and oxygen atoms in total. The van der Waals surface area contributed by atoms with Gasteiger partial charge in [-0.3, -0.25) is 4.79 Å². The van der Waals surface area contributed by atoms with Crippen molar-refractivity contribution in [1.82, 2.24) is 25.5 Å². The Morgan fingerprint density at radius 3 is 2.78 bits per heavy atom. The number of nitrogens with one attached hydrogen (secondary N) is 1. The summed E-state index contributed by atoms with van der Waals surface area (Å²) in [5.74, 6) is 1.04. The number of nitrogens with zero attached hydrogens (tertiary/aromatic N) is 4. The summed E-state index contributed by atoms with van der Waals surface area (Å²) in [6, 6.07) is 14.7. The van der Waals surface area contributed by atoms with Crippen molar-refractivity contribution in [3.8, 4) is 11.4 Å². The van der Waals surface area contributed by atoms with E-state index in [9.17, 15) is 4.79 Å². The topological polar surface area (TPSA) is 81.9 Å². The Balaban J connectivity index is 1.69. The largest absolute Gasteiger partial charge is 0.497 e. The number of halogens is 1. The van der Waals surface area contributed by atoms with Crippen molar-refractivity contribution in [2.45, 2.75) is 13.0 Å². The van der Waals surface area contributed by atoms with Crippen LogP contribution in [0.15, 0.2) is 59.1 Å². The number of carbonyl (C=O) groups is 1. The predicted molar refractivity (Wildman–Crippen MR) is 105 cm³/mol. The molecule has 0 aliphatic heterocycles. The smallest absolute Gasteiger partial charge is 0.244 e. The van der Waals surface area contributed by atoms with Gasteiger partial charge < -0.3 is 10.1 Å². The van der Waals surface area contributed by atoms with Crippen LogP contribution in [0, 0.1) is 0 Å². The molecule has 1 atom stereocenters. The number of tetrazole rings is 1. The van der Waals surface area contributed by atoms with E-state index in [-0.39, 0.29) is 11.9 Å². The van der Waals surface area contributed by atoms with Gasteiger partial charge in [-0.2, -0.15) is 4.68 Å². The second kappa shape index (κ2) is 8.59. The van der Waals surface area contributed by atoms with Gasteiger partial charge in [-0.1, -0.05) is 28.1 Å². The second-order valence-electron chi connectivity index (χ2n) is 5.77. The Morgan fingerprint density at radius 1 is 1.26 bits per heavy atom. The summed E-state index contributed by atoms with van der Waals surface area (Å²) in [6.45, 7) is 1.83. The van der Waals surface area contributed by atoms with Crippen LogP contribution >= 0.6 is 15.9 Å². The van der Waals surface area contributed by atoms with Crippen molar-refractivity contribution in [3.05, 3.63) is 70.5 Å². The van der Waals surface area contributed by atoms with Gasteiger partial charge >= 0.3 is 0 Å². The van der Waals surface area contributed by atoms with Gasteiger partial charge in [0.1, 0.15) is 5.75 Å². The maximum Gasteiger partial charge on any atom is 0.244 e. The minimum absolute atomic E-state index is 0.240. The Hall–Kier alpha value is -3.00. The predicted octanol–water partition coefficient (Wildman–Crippen LogP) is 3.32. The standard InChI is InChI=1S/C19H18BrN5O2/c1-13(19-22-23-24-25(19)16-9-7-15(20)8-10-16)21-18(26)11-6-14-4-3-5-17(12-14)27-2/h3-13H,1-2H3,(H,21,26)/b11-6+. The van der Waals surface area contributed by atoms with Crippen molar-refractivity contribution < 1.29 is 9.53 Å². The molecule has 1 amide bonds. The molecule has 2 aromatic carbocycles. The van der Waals surface area contributed by atoms with E-state index in [1.165, 1.54) is 6.08 Å². The normalized spacial score (nSPS) is 12.1. The Bertz CT molecular complexity index is 953. The van der Waals surface area contributed by atoms with Crippen LogP contribution in [-0.2, 0) is 4.79 Å². The van der Waals surface area contributed by atoms with Crippen LogP contribution < -0.4 is 10.1 Å². The molecule has 1 aromatic heterocycles. The lowest BCUT2D eigenvalue weighted by Gasteiger charge is -2.12. The number of amides is 1. The SMILES string of the molecule is COc1cccc(/C=C/C(=O)NC(C)c2nnnn2-c2ccc(Br)cc2)c1. The number of benzene rings is 2. The average molecular weight is 428 g/mol. The van der Waals surface area contributed by atoms with Crippen LogP contribution in [0.5, 0.6) is 5.75 Å². The number of aromatic nitrogens is 4. The molecule has 1 unspecified atom stereocenters. The highest BCUT2D eigenvalue weighted by atomic mass is 79.9. The Kier molecular flexibility index (Phi) is 5.97. The minimum Gasteiger partial charge on any atom is -0.497 e. The van der Waals surface area contributed by atoms with Crippen LogP contribution in [0.2, 0.25) is 0 Å². The van der Waals surface area contributed by atoms with Crippen molar-refractivity contribution in [1.29, 1.82) is 0 Å². The molecule has 0 fully saturated rings. The molecule has 0 aliphatic rings. The summed E-state index contributed by atoms with van der Waals surface area (Å²) in [5, 5.41) is 14.7. The third-order valence-corrected chi connectivity index (χ3v) is 4.36. The molecule has 27 heavy (non-hydrogen) atoms. The molecule has 0 aliphatic carbocycles. The van der Waals surface area contributed by atoms with Crippen LogP contribution in [0.25, 0.3) is 11.8 Å². The quantitative estimate of drug-likeness (QED) is 0.610. The zero-order valence-electron chi connectivity index (χ0n) is 14.8. The first-order chi connectivity index (χ1) is 13.1. The number of ether oxygens (including phenoxy) is 1. The summed E-state index contributed by atoms with van der Waals surface area (Å²) in [4.78, 5) is 12.3. The summed E-state index contributed by atoms with van der Waals surface area (Å²) in [6.07, 6.45) is 3.20. The average Bonchev–Trinajstić information content (AvgIpc) is 3.17. The Labute approximate surface area is 165 Å². The third-order valence-electron chi connectivity index (χ3n) is 3.83. The van der Waals surface area contributed by atoms with E-state index in [0.29, 0.717) is 5.82 Å². The fourth-order valence-electron chi connectivity index (χ4n) is 2.47. The molecule has 0 saturated carbocycles. The van der Waals surface area contributed by atoms with E-state index in [1.807, 2.05) is 55.5 Å². The van der Waals surface area contributed by atoms with Gasteiger partial charge in [0.25, 0.3) is 0 Å². The fourth-order valence-corrected chi connectivity index (χ4v) is 2.74. The molecule has 8 heteroatoms. The highest BCUT2D eigenvalue weighted by Crippen LogP contribution is 2.17. The lowest BCUT2D eigenvalue weighted by atomic mass is 10.2. The molecule has 0 saturated heterocycles. The molecule has 0 spiro atoms. The zero-order valence-corrected chi connectivity index (χ0v) is 16.4. The second-order valence-corrected chi connectivity index (χ2v) is 6.68. The molecule has 0 radical (unpaired) electrons. The number of hydrogen-bond donors (Lipinski definition) is 1. The Morgan fingerprint density at radius 2 is 2.04 bits per heavy atom. The highest BCUT2D eigenvalue weighted by Gasteiger charge is 2.17. The van der Waals surface area contributed by atoms with Gasteiger partial charge in [0, 0.05) is 10.5 Å². The number of methoxy groups -OCH3 is 1. The molecular formula is C19H18BrN5O2. The number of hydrogen-bond acceptors (Lipinski definition) is 5. The molecule has 1 heterocycles. The van der Waals surface area contributed by atoms with Crippen molar-refractivity contribution >= 4 is 27.9 Å². The summed E-state index contributed by atoms with van der Waals surface area (Å²) in [5.41, 5.74) is 1.68. The van der Waals surface area contributed by atoms with Crippen molar-refractivity contribution in [2.75, 3.05) is 7.11 Å². The summed E-state index contributed by atoms with van der Waals surface area (Å²) < 4.78 is 7.74. The molecule has 1 N–H and O–H groups in total. The van der Waals surface area contributed by atoms with E-state index < -0.39 is 0 Å². The van der Waals surface area contributed by atoms with Crippen molar-refractivity contribution in [2.24, 2.45) is 0 Å². The minimum atomic E-state index is -0.369.